The number of pyridine rings is 1. The minimum Gasteiger partial charge on any atom is -0.481 e. The SMILES string of the molecule is CC.COc1ccc(C(C)n2cc(N)cn2)cn1. The maximum absolute atomic E-state index is 5.62. The molecular formula is C13H20N4O. The molecule has 2 rings (SSSR count). The standard InChI is InChI=1S/C11H14N4O.C2H6/c1-8(15-7-10(12)6-14-15)9-3-4-11(16-2)13-5-9;1-2/h3-8H,12H2,1-2H3;1-2H3. The van der Waals surface area contributed by atoms with Crippen molar-refractivity contribution in [3.05, 3.63) is 36.3 Å². The Morgan fingerprint density at radius 3 is 2.44 bits per heavy atom. The predicted octanol–water partition coefficient (Wildman–Crippen LogP) is 2.50. The van der Waals surface area contributed by atoms with E-state index in [1.165, 1.54) is 0 Å². The number of nitrogens with two attached hydrogens (primary N) is 1. The van der Waals surface area contributed by atoms with Crippen molar-refractivity contribution in [1.82, 2.24) is 14.8 Å². The minimum atomic E-state index is 0.107. The van der Waals surface area contributed by atoms with Gasteiger partial charge in [0.25, 0.3) is 0 Å². The van der Waals surface area contributed by atoms with Crippen LogP contribution in [0, 0.1) is 0 Å². The maximum atomic E-state index is 5.62. The van der Waals surface area contributed by atoms with Gasteiger partial charge in [0, 0.05) is 18.5 Å². The summed E-state index contributed by atoms with van der Waals surface area (Å²) >= 11 is 0. The molecule has 98 valence electrons. The van der Waals surface area contributed by atoms with E-state index in [4.69, 9.17) is 10.5 Å². The molecule has 2 aromatic rings. The third-order valence-electron chi connectivity index (χ3n) is 2.47. The number of nitrogen functional groups attached to an aromatic ring is 1. The number of methoxy groups -OCH3 is 1. The van der Waals surface area contributed by atoms with Gasteiger partial charge in [0.2, 0.25) is 5.88 Å². The van der Waals surface area contributed by atoms with Crippen molar-refractivity contribution >= 4 is 5.69 Å². The van der Waals surface area contributed by atoms with Crippen molar-refractivity contribution < 1.29 is 4.74 Å². The number of nitrogens with zero attached hydrogens (tertiary/aromatic N) is 3. The average molecular weight is 248 g/mol. The van der Waals surface area contributed by atoms with Crippen LogP contribution in [-0.4, -0.2) is 21.9 Å². The number of aromatic nitrogens is 3. The highest BCUT2D eigenvalue weighted by Crippen LogP contribution is 2.18. The van der Waals surface area contributed by atoms with E-state index >= 15 is 0 Å². The molecule has 1 atom stereocenters. The highest BCUT2D eigenvalue weighted by Gasteiger charge is 2.09. The molecule has 1 unspecified atom stereocenters. The summed E-state index contributed by atoms with van der Waals surface area (Å²) in [6.45, 7) is 6.04. The summed E-state index contributed by atoms with van der Waals surface area (Å²) in [7, 11) is 1.60. The third kappa shape index (κ3) is 3.23. The number of ether oxygens (including phenoxy) is 1. The molecule has 2 heterocycles. The van der Waals surface area contributed by atoms with Crippen molar-refractivity contribution in [3.63, 3.8) is 0 Å². The Morgan fingerprint density at radius 1 is 1.28 bits per heavy atom. The second-order valence-corrected chi connectivity index (χ2v) is 3.56. The zero-order chi connectivity index (χ0) is 13.5. The number of hydrogen-bond acceptors (Lipinski definition) is 4. The van der Waals surface area contributed by atoms with Crippen LogP contribution in [0.25, 0.3) is 0 Å². The lowest BCUT2D eigenvalue weighted by molar-refractivity contribution is 0.397. The first kappa shape index (κ1) is 14.0. The highest BCUT2D eigenvalue weighted by molar-refractivity contribution is 5.31. The number of hydrogen-bond donors (Lipinski definition) is 1. The Hall–Kier alpha value is -2.04. The highest BCUT2D eigenvalue weighted by atomic mass is 16.5. The van der Waals surface area contributed by atoms with Crippen LogP contribution in [0.1, 0.15) is 32.4 Å². The van der Waals surface area contributed by atoms with E-state index in [0.717, 1.165) is 5.56 Å². The second-order valence-electron chi connectivity index (χ2n) is 3.56. The lowest BCUT2D eigenvalue weighted by atomic mass is 10.1. The maximum Gasteiger partial charge on any atom is 0.212 e. The van der Waals surface area contributed by atoms with Gasteiger partial charge in [-0.25, -0.2) is 4.98 Å². The Kier molecular flexibility index (Phi) is 5.17. The van der Waals surface area contributed by atoms with E-state index in [1.54, 1.807) is 30.4 Å². The van der Waals surface area contributed by atoms with Crippen LogP contribution < -0.4 is 10.5 Å². The normalized spacial score (nSPS) is 11.3. The smallest absolute Gasteiger partial charge is 0.212 e. The zero-order valence-corrected chi connectivity index (χ0v) is 11.3. The monoisotopic (exact) mass is 248 g/mol. The summed E-state index contributed by atoms with van der Waals surface area (Å²) in [5.74, 6) is 0.607. The van der Waals surface area contributed by atoms with Crippen molar-refractivity contribution in [2.75, 3.05) is 12.8 Å². The second kappa shape index (κ2) is 6.64. The summed E-state index contributed by atoms with van der Waals surface area (Å²) in [6, 6.07) is 3.91. The molecule has 0 bridgehead atoms. The van der Waals surface area contributed by atoms with Gasteiger partial charge in [-0.1, -0.05) is 13.8 Å². The van der Waals surface area contributed by atoms with Crippen molar-refractivity contribution in [3.8, 4) is 5.88 Å². The largest absolute Gasteiger partial charge is 0.481 e. The van der Waals surface area contributed by atoms with Crippen LogP contribution in [0.2, 0.25) is 0 Å². The Labute approximate surface area is 108 Å². The van der Waals surface area contributed by atoms with Gasteiger partial charge in [0.15, 0.2) is 0 Å². The summed E-state index contributed by atoms with van der Waals surface area (Å²) in [6.07, 6.45) is 5.21. The molecule has 0 radical (unpaired) electrons. The van der Waals surface area contributed by atoms with E-state index in [-0.39, 0.29) is 6.04 Å². The fourth-order valence-corrected chi connectivity index (χ4v) is 1.48. The van der Waals surface area contributed by atoms with Gasteiger partial charge in [-0.05, 0) is 18.6 Å². The number of rotatable bonds is 3. The molecule has 0 aliphatic heterocycles. The summed E-state index contributed by atoms with van der Waals surface area (Å²) in [5.41, 5.74) is 7.34. The first-order chi connectivity index (χ1) is 8.70. The molecule has 5 heteroatoms. The van der Waals surface area contributed by atoms with Gasteiger partial charge in [-0.2, -0.15) is 5.10 Å². The van der Waals surface area contributed by atoms with Gasteiger partial charge in [0.05, 0.1) is 25.0 Å². The fourth-order valence-electron chi connectivity index (χ4n) is 1.48. The van der Waals surface area contributed by atoms with E-state index < -0.39 is 0 Å². The Balaban J connectivity index is 0.000000771. The van der Waals surface area contributed by atoms with Crippen LogP contribution in [0.4, 0.5) is 5.69 Å². The Morgan fingerprint density at radius 2 is 2.00 bits per heavy atom. The first-order valence-electron chi connectivity index (χ1n) is 6.00. The topological polar surface area (TPSA) is 66.0 Å². The predicted molar refractivity (Wildman–Crippen MR) is 72.6 cm³/mol. The van der Waals surface area contributed by atoms with Crippen LogP contribution in [0.5, 0.6) is 5.88 Å². The van der Waals surface area contributed by atoms with E-state index in [9.17, 15) is 0 Å². The molecule has 0 fully saturated rings. The Bertz CT molecular complexity index is 464. The molecule has 0 aliphatic carbocycles. The van der Waals surface area contributed by atoms with Crippen molar-refractivity contribution in [2.45, 2.75) is 26.8 Å². The van der Waals surface area contributed by atoms with Gasteiger partial charge >= 0.3 is 0 Å². The molecule has 0 aromatic carbocycles. The molecule has 0 aliphatic rings. The van der Waals surface area contributed by atoms with E-state index in [0.29, 0.717) is 11.6 Å². The fraction of sp³-hybridized carbons (Fsp3) is 0.385. The molecule has 0 spiro atoms. The summed E-state index contributed by atoms with van der Waals surface area (Å²) < 4.78 is 6.81. The molecular weight excluding hydrogens is 228 g/mol. The number of anilines is 1. The summed E-state index contributed by atoms with van der Waals surface area (Å²) in [5, 5.41) is 4.17. The van der Waals surface area contributed by atoms with E-state index in [1.807, 2.05) is 32.9 Å². The van der Waals surface area contributed by atoms with Crippen LogP contribution >= 0.6 is 0 Å². The molecule has 0 saturated carbocycles. The lowest BCUT2D eigenvalue weighted by Crippen LogP contribution is -2.07. The molecule has 0 amide bonds. The van der Waals surface area contributed by atoms with E-state index in [2.05, 4.69) is 10.1 Å². The minimum absolute atomic E-state index is 0.107. The van der Waals surface area contributed by atoms with Crippen molar-refractivity contribution in [2.24, 2.45) is 0 Å². The lowest BCUT2D eigenvalue weighted by Gasteiger charge is -2.12. The van der Waals surface area contributed by atoms with Gasteiger partial charge in [-0.3, -0.25) is 4.68 Å². The molecule has 18 heavy (non-hydrogen) atoms. The average Bonchev–Trinajstić information content (AvgIpc) is 2.87. The van der Waals surface area contributed by atoms with Gasteiger partial charge in [-0.15, -0.1) is 0 Å². The van der Waals surface area contributed by atoms with Gasteiger partial charge < -0.3 is 10.5 Å². The quantitative estimate of drug-likeness (QED) is 0.906. The molecule has 2 aromatic heterocycles. The summed E-state index contributed by atoms with van der Waals surface area (Å²) in [4.78, 5) is 4.16. The van der Waals surface area contributed by atoms with Crippen molar-refractivity contribution in [1.29, 1.82) is 0 Å². The molecule has 2 N–H and O–H groups in total. The molecule has 5 nitrogen and oxygen atoms in total. The van der Waals surface area contributed by atoms with Crippen LogP contribution in [0.3, 0.4) is 0 Å². The van der Waals surface area contributed by atoms with Crippen LogP contribution in [-0.2, 0) is 0 Å². The third-order valence-corrected chi connectivity index (χ3v) is 2.47. The van der Waals surface area contributed by atoms with Gasteiger partial charge in [0.1, 0.15) is 0 Å². The zero-order valence-electron chi connectivity index (χ0n) is 11.3. The molecule has 0 saturated heterocycles. The van der Waals surface area contributed by atoms with Crippen LogP contribution in [0.15, 0.2) is 30.7 Å². The first-order valence-corrected chi connectivity index (χ1v) is 6.00.